The maximum Gasteiger partial charge on any atom is 0.338 e. The van der Waals surface area contributed by atoms with Crippen molar-refractivity contribution in [3.8, 4) is 0 Å². The number of carboxylic acids is 1. The maximum absolute atomic E-state index is 11.2. The molecule has 0 saturated carbocycles. The number of anilines is 1. The van der Waals surface area contributed by atoms with E-state index in [0.717, 1.165) is 13.2 Å². The summed E-state index contributed by atoms with van der Waals surface area (Å²) >= 11 is 0. The molecular formula is C10H9N2O6-. The van der Waals surface area contributed by atoms with Gasteiger partial charge in [0.25, 0.3) is 5.69 Å². The molecule has 0 saturated heterocycles. The fourth-order valence-electron chi connectivity index (χ4n) is 1.24. The molecule has 8 heteroatoms. The van der Waals surface area contributed by atoms with Gasteiger partial charge in [-0.05, 0) is 12.1 Å². The van der Waals surface area contributed by atoms with Crippen molar-refractivity contribution < 1.29 is 24.4 Å². The van der Waals surface area contributed by atoms with E-state index in [4.69, 9.17) is 0 Å². The van der Waals surface area contributed by atoms with Gasteiger partial charge in [-0.1, -0.05) is 0 Å². The number of rotatable bonds is 5. The normalized spacial score (nSPS) is 9.61. The summed E-state index contributed by atoms with van der Waals surface area (Å²) in [7, 11) is 1.15. The second-order valence-corrected chi connectivity index (χ2v) is 3.21. The Labute approximate surface area is 101 Å². The number of nitrogens with one attached hydrogen (secondary N) is 1. The first-order valence-corrected chi connectivity index (χ1v) is 4.76. The van der Waals surface area contributed by atoms with Crippen molar-refractivity contribution in [1.29, 1.82) is 0 Å². The van der Waals surface area contributed by atoms with Crippen LogP contribution in [-0.4, -0.2) is 30.5 Å². The summed E-state index contributed by atoms with van der Waals surface area (Å²) in [4.78, 5) is 31.5. The van der Waals surface area contributed by atoms with Crippen LogP contribution in [0, 0.1) is 10.1 Å². The molecular weight excluding hydrogens is 244 g/mol. The number of methoxy groups -OCH3 is 1. The van der Waals surface area contributed by atoms with E-state index >= 15 is 0 Å². The number of hydrogen-bond donors (Lipinski definition) is 1. The molecule has 0 bridgehead atoms. The van der Waals surface area contributed by atoms with Crippen LogP contribution in [0.5, 0.6) is 0 Å². The van der Waals surface area contributed by atoms with Crippen LogP contribution >= 0.6 is 0 Å². The molecule has 0 radical (unpaired) electrons. The summed E-state index contributed by atoms with van der Waals surface area (Å²) in [5, 5.41) is 23.4. The summed E-state index contributed by atoms with van der Waals surface area (Å²) in [6.45, 7) is -0.571. The Balaban J connectivity index is 3.08. The lowest BCUT2D eigenvalue weighted by molar-refractivity contribution is -0.384. The number of hydrogen-bond acceptors (Lipinski definition) is 7. The number of benzene rings is 1. The lowest BCUT2D eigenvalue weighted by Gasteiger charge is -2.08. The Bertz CT molecular complexity index is 499. The van der Waals surface area contributed by atoms with Crippen LogP contribution in [0.1, 0.15) is 10.4 Å². The average Bonchev–Trinajstić information content (AvgIpc) is 2.34. The zero-order valence-electron chi connectivity index (χ0n) is 9.34. The summed E-state index contributed by atoms with van der Waals surface area (Å²) in [6.07, 6.45) is 0. The topological polar surface area (TPSA) is 122 Å². The summed E-state index contributed by atoms with van der Waals surface area (Å²) < 4.78 is 4.42. The van der Waals surface area contributed by atoms with E-state index in [-0.39, 0.29) is 11.3 Å². The smallest absolute Gasteiger partial charge is 0.338 e. The summed E-state index contributed by atoms with van der Waals surface area (Å²) in [6, 6.07) is 3.52. The number of carboxylic acid groups (broad SMARTS) is 1. The highest BCUT2D eigenvalue weighted by Gasteiger charge is 2.17. The highest BCUT2D eigenvalue weighted by Crippen LogP contribution is 2.25. The molecule has 0 amide bonds. The quantitative estimate of drug-likeness (QED) is 0.428. The fraction of sp³-hybridized carbons (Fsp3) is 0.200. The second kappa shape index (κ2) is 5.62. The molecule has 18 heavy (non-hydrogen) atoms. The molecule has 0 unspecified atom stereocenters. The Kier molecular flexibility index (Phi) is 4.19. The van der Waals surface area contributed by atoms with Crippen molar-refractivity contribution >= 4 is 23.3 Å². The van der Waals surface area contributed by atoms with E-state index < -0.39 is 29.1 Å². The van der Waals surface area contributed by atoms with Crippen LogP contribution in [0.3, 0.4) is 0 Å². The monoisotopic (exact) mass is 253 g/mol. The minimum atomic E-state index is -1.40. The van der Waals surface area contributed by atoms with Crippen molar-refractivity contribution in [2.24, 2.45) is 0 Å². The average molecular weight is 253 g/mol. The molecule has 0 aromatic heterocycles. The number of ether oxygens (including phenoxy) is 1. The predicted octanol–water partition coefficient (Wildman–Crippen LogP) is -0.457. The zero-order valence-corrected chi connectivity index (χ0v) is 9.34. The van der Waals surface area contributed by atoms with Crippen LogP contribution in [0.2, 0.25) is 0 Å². The van der Waals surface area contributed by atoms with Crippen LogP contribution in [0.15, 0.2) is 18.2 Å². The minimum Gasteiger partial charge on any atom is -0.548 e. The number of nitro groups is 1. The molecule has 0 aliphatic rings. The van der Waals surface area contributed by atoms with Gasteiger partial charge in [0.2, 0.25) is 0 Å². The van der Waals surface area contributed by atoms with Gasteiger partial charge in [0.1, 0.15) is 5.69 Å². The largest absolute Gasteiger partial charge is 0.548 e. The Hall–Kier alpha value is -2.64. The summed E-state index contributed by atoms with van der Waals surface area (Å²) in [5.74, 6) is -2.12. The third-order valence-electron chi connectivity index (χ3n) is 2.04. The molecule has 1 N–H and O–H groups in total. The number of nitro benzene ring substituents is 1. The first-order valence-electron chi connectivity index (χ1n) is 4.76. The van der Waals surface area contributed by atoms with E-state index in [1.807, 2.05) is 0 Å². The Morgan fingerprint density at radius 2 is 2.11 bits per heavy atom. The van der Waals surface area contributed by atoms with Crippen LogP contribution in [-0.2, 0) is 9.53 Å². The molecule has 0 aliphatic carbocycles. The number of aliphatic carboxylic acids is 1. The van der Waals surface area contributed by atoms with Gasteiger partial charge in [0, 0.05) is 6.07 Å². The van der Waals surface area contributed by atoms with Crippen LogP contribution < -0.4 is 10.4 Å². The highest BCUT2D eigenvalue weighted by atomic mass is 16.6. The van der Waals surface area contributed by atoms with Crippen molar-refractivity contribution in [1.82, 2.24) is 0 Å². The lowest BCUT2D eigenvalue weighted by Crippen LogP contribution is -2.30. The Morgan fingerprint density at radius 3 is 2.61 bits per heavy atom. The molecule has 0 heterocycles. The van der Waals surface area contributed by atoms with Gasteiger partial charge in [-0.3, -0.25) is 10.1 Å². The Morgan fingerprint density at radius 1 is 1.44 bits per heavy atom. The molecule has 0 atom stereocenters. The van der Waals surface area contributed by atoms with E-state index in [1.165, 1.54) is 12.1 Å². The number of nitrogens with zero attached hydrogens (tertiary/aromatic N) is 1. The SMILES string of the molecule is COC(=O)c1ccc(NCC(=O)[O-])c([N+](=O)[O-])c1. The van der Waals surface area contributed by atoms with E-state index in [2.05, 4.69) is 10.1 Å². The van der Waals surface area contributed by atoms with Crippen molar-refractivity contribution in [2.75, 3.05) is 19.0 Å². The number of carbonyl (C=O) groups excluding carboxylic acids is 2. The van der Waals surface area contributed by atoms with Crippen LogP contribution in [0.4, 0.5) is 11.4 Å². The molecule has 1 aromatic rings. The molecule has 0 spiro atoms. The van der Waals surface area contributed by atoms with Gasteiger partial charge in [-0.15, -0.1) is 0 Å². The van der Waals surface area contributed by atoms with Gasteiger partial charge < -0.3 is 20.0 Å². The third kappa shape index (κ3) is 3.17. The van der Waals surface area contributed by atoms with Gasteiger partial charge in [-0.2, -0.15) is 0 Å². The molecule has 1 aromatic carbocycles. The van der Waals surface area contributed by atoms with Crippen molar-refractivity contribution in [3.63, 3.8) is 0 Å². The molecule has 0 aliphatic heterocycles. The summed E-state index contributed by atoms with van der Waals surface area (Å²) in [5.41, 5.74) is -0.431. The third-order valence-corrected chi connectivity index (χ3v) is 2.04. The van der Waals surface area contributed by atoms with E-state index in [9.17, 15) is 24.8 Å². The fourth-order valence-corrected chi connectivity index (χ4v) is 1.24. The molecule has 96 valence electrons. The first-order chi connectivity index (χ1) is 8.45. The molecule has 1 rings (SSSR count). The second-order valence-electron chi connectivity index (χ2n) is 3.21. The maximum atomic E-state index is 11.2. The molecule has 0 fully saturated rings. The number of esters is 1. The zero-order chi connectivity index (χ0) is 13.7. The van der Waals surface area contributed by atoms with Gasteiger partial charge in [0.15, 0.2) is 0 Å². The van der Waals surface area contributed by atoms with Gasteiger partial charge >= 0.3 is 5.97 Å². The van der Waals surface area contributed by atoms with E-state index in [0.29, 0.717) is 0 Å². The van der Waals surface area contributed by atoms with E-state index in [1.54, 1.807) is 0 Å². The predicted molar refractivity (Wildman–Crippen MR) is 57.9 cm³/mol. The lowest BCUT2D eigenvalue weighted by atomic mass is 10.1. The molecule has 8 nitrogen and oxygen atoms in total. The van der Waals surface area contributed by atoms with Crippen molar-refractivity contribution in [2.45, 2.75) is 0 Å². The number of carbonyl (C=O) groups is 2. The minimum absolute atomic E-state index is 0.00296. The van der Waals surface area contributed by atoms with Crippen molar-refractivity contribution in [3.05, 3.63) is 33.9 Å². The van der Waals surface area contributed by atoms with Crippen LogP contribution in [0.25, 0.3) is 0 Å². The van der Waals surface area contributed by atoms with Gasteiger partial charge in [0.05, 0.1) is 30.1 Å². The highest BCUT2D eigenvalue weighted by molar-refractivity contribution is 5.91. The van der Waals surface area contributed by atoms with Gasteiger partial charge in [-0.25, -0.2) is 4.79 Å². The standard InChI is InChI=1S/C10H10N2O6/c1-18-10(15)6-2-3-7(11-5-9(13)14)8(4-6)12(16)17/h2-4,11H,5H2,1H3,(H,13,14)/p-1. The first kappa shape index (κ1) is 13.4.